The highest BCUT2D eigenvalue weighted by Crippen LogP contribution is 2.47. The second-order valence-corrected chi connectivity index (χ2v) is 17.3. The van der Waals surface area contributed by atoms with Crippen molar-refractivity contribution in [1.29, 1.82) is 0 Å². The number of hydrogen-bond acceptors (Lipinski definition) is 1. The summed E-state index contributed by atoms with van der Waals surface area (Å²) in [6.07, 6.45) is 0. The Morgan fingerprint density at radius 3 is 1.52 bits per heavy atom. The monoisotopic (exact) mass is 810 g/mol. The Morgan fingerprint density at radius 2 is 0.766 bits per heavy atom. The molecule has 1 heterocycles. The molecule has 0 spiro atoms. The molecule has 0 radical (unpaired) electrons. The molecule has 14 rings (SSSR count). The Labute approximate surface area is 369 Å². The summed E-state index contributed by atoms with van der Waals surface area (Å²) in [5, 5.41) is 20.2. The van der Waals surface area contributed by atoms with Crippen molar-refractivity contribution in [1.82, 2.24) is 4.57 Å². The average molecular weight is 811 g/mol. The van der Waals surface area contributed by atoms with E-state index in [1.165, 1.54) is 108 Å². The summed E-state index contributed by atoms with van der Waals surface area (Å²) in [5.41, 5.74) is 9.25. The molecule has 2 heteroatoms. The summed E-state index contributed by atoms with van der Waals surface area (Å²) in [5.74, 6) is 0. The van der Waals surface area contributed by atoms with Gasteiger partial charge in [-0.25, -0.2) is 0 Å². The molecule has 64 heavy (non-hydrogen) atoms. The van der Waals surface area contributed by atoms with Crippen LogP contribution in [0.25, 0.3) is 114 Å². The summed E-state index contributed by atoms with van der Waals surface area (Å²) in [7, 11) is 0. The zero-order valence-corrected chi connectivity index (χ0v) is 34.8. The number of benzene rings is 12. The Kier molecular flexibility index (Phi) is 7.43. The number of fused-ring (bicyclic) bond motifs is 6. The first-order valence-electron chi connectivity index (χ1n) is 22.2. The molecule has 0 amide bonds. The minimum absolute atomic E-state index is 1.10. The first-order chi connectivity index (χ1) is 31.7. The Hall–Kier alpha value is -8.46. The van der Waals surface area contributed by atoms with Crippen molar-refractivity contribution in [3.05, 3.63) is 231 Å². The van der Waals surface area contributed by atoms with Gasteiger partial charge in [0.2, 0.25) is 0 Å². The van der Waals surface area contributed by atoms with E-state index in [-0.39, 0.29) is 0 Å². The van der Waals surface area contributed by atoms with Gasteiger partial charge < -0.3 is 9.47 Å². The van der Waals surface area contributed by atoms with Gasteiger partial charge in [0.05, 0.1) is 11.0 Å². The van der Waals surface area contributed by atoms with Crippen LogP contribution in [-0.4, -0.2) is 4.57 Å². The third kappa shape index (κ3) is 5.14. The van der Waals surface area contributed by atoms with Crippen molar-refractivity contribution in [3.63, 3.8) is 0 Å². The fourth-order valence-electron chi connectivity index (χ4n) is 11.0. The second kappa shape index (κ2) is 13.5. The fraction of sp³-hybridized carbons (Fsp3) is 0. The van der Waals surface area contributed by atoms with E-state index in [4.69, 9.17) is 0 Å². The van der Waals surface area contributed by atoms with Crippen molar-refractivity contribution in [2.75, 3.05) is 4.90 Å². The van der Waals surface area contributed by atoms with Crippen LogP contribution >= 0.6 is 0 Å². The van der Waals surface area contributed by atoms with Gasteiger partial charge in [0.1, 0.15) is 0 Å². The van der Waals surface area contributed by atoms with Crippen LogP contribution in [-0.2, 0) is 0 Å². The van der Waals surface area contributed by atoms with Gasteiger partial charge >= 0.3 is 0 Å². The van der Waals surface area contributed by atoms with Crippen LogP contribution in [0.1, 0.15) is 0 Å². The quantitative estimate of drug-likeness (QED) is 0.157. The Morgan fingerprint density at radius 1 is 0.250 bits per heavy atom. The molecule has 0 unspecified atom stereocenters. The van der Waals surface area contributed by atoms with Crippen LogP contribution in [0.15, 0.2) is 231 Å². The van der Waals surface area contributed by atoms with Crippen molar-refractivity contribution in [3.8, 4) is 16.8 Å². The van der Waals surface area contributed by atoms with E-state index in [0.29, 0.717) is 0 Å². The number of rotatable bonds is 5. The number of anilines is 3. The normalized spacial score (nSPS) is 12.1. The van der Waals surface area contributed by atoms with E-state index in [2.05, 4.69) is 240 Å². The SMILES string of the molecule is c1ccc(-n2c3ccccc3c3cc(-c4cccc(N(c5ccc6ccccc6c5)c5cc6ccc7cccc8c9cccc%10ccc%11cccc(c(c5)c6c78)c%11c%109)c4)ccc32)cc1. The van der Waals surface area contributed by atoms with Gasteiger partial charge in [0.15, 0.2) is 0 Å². The highest BCUT2D eigenvalue weighted by molar-refractivity contribution is 6.37. The molecule has 1 aromatic heterocycles. The van der Waals surface area contributed by atoms with E-state index in [1.807, 2.05) is 0 Å². The molecule has 0 aliphatic carbocycles. The zero-order valence-electron chi connectivity index (χ0n) is 34.8. The van der Waals surface area contributed by atoms with Gasteiger partial charge in [0, 0.05) is 33.5 Å². The molecule has 13 aromatic carbocycles. The van der Waals surface area contributed by atoms with Crippen LogP contribution in [0.4, 0.5) is 17.1 Å². The lowest BCUT2D eigenvalue weighted by Crippen LogP contribution is -2.10. The van der Waals surface area contributed by atoms with Crippen LogP contribution in [0, 0.1) is 0 Å². The third-order valence-electron chi connectivity index (χ3n) is 13.8. The van der Waals surface area contributed by atoms with Gasteiger partial charge in [-0.2, -0.15) is 0 Å². The molecular formula is C62H38N2. The van der Waals surface area contributed by atoms with Crippen molar-refractivity contribution in [2.45, 2.75) is 0 Å². The van der Waals surface area contributed by atoms with E-state index >= 15 is 0 Å². The van der Waals surface area contributed by atoms with E-state index in [1.54, 1.807) is 0 Å². The van der Waals surface area contributed by atoms with Gasteiger partial charge in [-0.3, -0.25) is 0 Å². The molecule has 296 valence electrons. The Bertz CT molecular complexity index is 4190. The van der Waals surface area contributed by atoms with Crippen molar-refractivity contribution < 1.29 is 0 Å². The number of nitrogens with zero attached hydrogens (tertiary/aromatic N) is 2. The number of para-hydroxylation sites is 2. The van der Waals surface area contributed by atoms with Crippen LogP contribution in [0.5, 0.6) is 0 Å². The summed E-state index contributed by atoms with van der Waals surface area (Å²) < 4.78 is 2.38. The molecule has 0 aliphatic heterocycles. The van der Waals surface area contributed by atoms with Crippen LogP contribution < -0.4 is 4.90 Å². The molecule has 0 saturated carbocycles. The first kappa shape index (κ1) is 35.2. The maximum absolute atomic E-state index is 2.47. The zero-order chi connectivity index (χ0) is 41.9. The maximum Gasteiger partial charge on any atom is 0.0541 e. The average Bonchev–Trinajstić information content (AvgIpc) is 3.69. The number of hydrogen-bond donors (Lipinski definition) is 0. The fourth-order valence-corrected chi connectivity index (χ4v) is 11.0. The summed E-state index contributed by atoms with van der Waals surface area (Å²) in [6.45, 7) is 0. The topological polar surface area (TPSA) is 8.17 Å². The highest BCUT2D eigenvalue weighted by atomic mass is 15.1. The molecule has 0 bridgehead atoms. The van der Waals surface area contributed by atoms with Gasteiger partial charge in [-0.1, -0.05) is 164 Å². The molecular weight excluding hydrogens is 773 g/mol. The molecule has 0 N–H and O–H groups in total. The predicted molar refractivity (Wildman–Crippen MR) is 275 cm³/mol. The standard InChI is InChI=1S/C62H38N2/c1-2-18-47(19-3-1)64-57-25-7-6-21-51(57)55-37-45(31-33-58(55)64)44-17-8-20-48(35-44)63(49-32-30-39-12-4-5-13-43(39)34-49)50-36-46-29-28-42-15-10-23-53-52-22-9-14-40-26-27-41-16-11-24-54(61(41)59(40)52)56(38-50)62(46)60(42)53/h1-38H. The maximum atomic E-state index is 2.47. The molecule has 0 fully saturated rings. The molecule has 0 saturated heterocycles. The van der Waals surface area contributed by atoms with Crippen molar-refractivity contribution in [2.24, 2.45) is 0 Å². The second-order valence-electron chi connectivity index (χ2n) is 17.3. The Balaban J connectivity index is 1.04. The number of aromatic nitrogens is 1. The molecule has 14 aromatic rings. The highest BCUT2D eigenvalue weighted by Gasteiger charge is 2.21. The third-order valence-corrected chi connectivity index (χ3v) is 13.8. The summed E-state index contributed by atoms with van der Waals surface area (Å²) in [6, 6.07) is 85.7. The minimum Gasteiger partial charge on any atom is -0.310 e. The van der Waals surface area contributed by atoms with Gasteiger partial charge in [0.25, 0.3) is 0 Å². The lowest BCUT2D eigenvalue weighted by atomic mass is 9.87. The summed E-state index contributed by atoms with van der Waals surface area (Å²) in [4.78, 5) is 2.47. The molecule has 0 aliphatic rings. The lowest BCUT2D eigenvalue weighted by Gasteiger charge is -2.27. The van der Waals surface area contributed by atoms with Gasteiger partial charge in [-0.15, -0.1) is 0 Å². The van der Waals surface area contributed by atoms with E-state index < -0.39 is 0 Å². The van der Waals surface area contributed by atoms with E-state index in [9.17, 15) is 0 Å². The predicted octanol–water partition coefficient (Wildman–Crippen LogP) is 17.4. The van der Waals surface area contributed by atoms with Crippen LogP contribution in [0.3, 0.4) is 0 Å². The first-order valence-corrected chi connectivity index (χ1v) is 22.2. The minimum atomic E-state index is 1.10. The molecule has 0 atom stereocenters. The molecule has 2 nitrogen and oxygen atoms in total. The lowest BCUT2D eigenvalue weighted by molar-refractivity contribution is 1.18. The largest absolute Gasteiger partial charge is 0.310 e. The van der Waals surface area contributed by atoms with Crippen LogP contribution in [0.2, 0.25) is 0 Å². The van der Waals surface area contributed by atoms with E-state index in [0.717, 1.165) is 22.7 Å². The van der Waals surface area contributed by atoms with Crippen molar-refractivity contribution >= 4 is 114 Å². The smallest absolute Gasteiger partial charge is 0.0541 e. The summed E-state index contributed by atoms with van der Waals surface area (Å²) >= 11 is 0. The van der Waals surface area contributed by atoms with Gasteiger partial charge in [-0.05, 0) is 153 Å².